The molecule has 0 aliphatic heterocycles. The molecule has 2 heteroatoms. The average molecular weight is 289 g/mol. The number of ether oxygens (including phenoxy) is 1. The van der Waals surface area contributed by atoms with Gasteiger partial charge in [-0.3, -0.25) is 0 Å². The van der Waals surface area contributed by atoms with Gasteiger partial charge in [-0.25, -0.2) is 0 Å². The molecule has 0 radical (unpaired) electrons. The van der Waals surface area contributed by atoms with Crippen LogP contribution in [0.15, 0.2) is 24.3 Å². The molecule has 1 saturated carbocycles. The van der Waals surface area contributed by atoms with Crippen LogP contribution in [0.1, 0.15) is 70.0 Å². The van der Waals surface area contributed by atoms with Gasteiger partial charge in [-0.2, -0.15) is 0 Å². The van der Waals surface area contributed by atoms with Crippen molar-refractivity contribution in [3.63, 3.8) is 0 Å². The molecule has 1 aliphatic carbocycles. The topological polar surface area (TPSA) is 21.3 Å². The highest BCUT2D eigenvalue weighted by atomic mass is 16.5. The normalized spacial score (nSPS) is 19.1. The Morgan fingerprint density at radius 3 is 2.38 bits per heavy atom. The highest BCUT2D eigenvalue weighted by molar-refractivity contribution is 5.35. The van der Waals surface area contributed by atoms with Gasteiger partial charge in [-0.1, -0.05) is 58.4 Å². The molecule has 0 aromatic heterocycles. The molecule has 1 aromatic carbocycles. The van der Waals surface area contributed by atoms with Gasteiger partial charge in [-0.05, 0) is 41.8 Å². The van der Waals surface area contributed by atoms with Gasteiger partial charge in [0.1, 0.15) is 0 Å². The van der Waals surface area contributed by atoms with E-state index in [1.807, 2.05) is 7.11 Å². The fourth-order valence-electron chi connectivity index (χ4n) is 3.47. The second-order valence-corrected chi connectivity index (χ2v) is 7.31. The first kappa shape index (κ1) is 16.5. The van der Waals surface area contributed by atoms with E-state index in [0.717, 1.165) is 12.5 Å². The molecule has 2 unspecified atom stereocenters. The average Bonchev–Trinajstić information content (AvgIpc) is 2.36. The number of nitrogens with one attached hydrogen (secondary N) is 1. The van der Waals surface area contributed by atoms with Gasteiger partial charge in [0.05, 0.1) is 12.1 Å². The predicted molar refractivity (Wildman–Crippen MR) is 89.7 cm³/mol. The molecule has 2 nitrogen and oxygen atoms in total. The van der Waals surface area contributed by atoms with Crippen LogP contribution < -0.4 is 5.32 Å². The number of methoxy groups -OCH3 is 1. The van der Waals surface area contributed by atoms with Crippen LogP contribution in [0.5, 0.6) is 0 Å². The molecule has 0 saturated heterocycles. The third-order valence-electron chi connectivity index (χ3n) is 4.71. The lowest BCUT2D eigenvalue weighted by Crippen LogP contribution is -2.42. The van der Waals surface area contributed by atoms with Crippen LogP contribution in [0.4, 0.5) is 0 Å². The van der Waals surface area contributed by atoms with E-state index in [2.05, 4.69) is 57.3 Å². The fraction of sp³-hybridized carbons (Fsp3) is 0.684. The summed E-state index contributed by atoms with van der Waals surface area (Å²) in [7, 11) is 1.84. The van der Waals surface area contributed by atoms with Crippen molar-refractivity contribution >= 4 is 0 Å². The molecule has 1 aromatic rings. The SMILES string of the molecule is CCNC(c1ccccc1C1CCC1)C(OC)C(C)(C)C. The van der Waals surface area contributed by atoms with Gasteiger partial charge in [0.25, 0.3) is 0 Å². The Kier molecular flexibility index (Phi) is 5.45. The van der Waals surface area contributed by atoms with E-state index >= 15 is 0 Å². The second kappa shape index (κ2) is 6.93. The Morgan fingerprint density at radius 1 is 1.24 bits per heavy atom. The first-order valence-electron chi connectivity index (χ1n) is 8.34. The van der Waals surface area contributed by atoms with E-state index in [0.29, 0.717) is 0 Å². The predicted octanol–water partition coefficient (Wildman–Crippen LogP) is 4.67. The van der Waals surface area contributed by atoms with Crippen LogP contribution >= 0.6 is 0 Å². The number of hydrogen-bond donors (Lipinski definition) is 1. The summed E-state index contributed by atoms with van der Waals surface area (Å²) >= 11 is 0. The van der Waals surface area contributed by atoms with Crippen molar-refractivity contribution in [2.75, 3.05) is 13.7 Å². The quantitative estimate of drug-likeness (QED) is 0.822. The number of benzene rings is 1. The van der Waals surface area contributed by atoms with Gasteiger partial charge in [-0.15, -0.1) is 0 Å². The summed E-state index contributed by atoms with van der Waals surface area (Å²) in [6.45, 7) is 9.92. The summed E-state index contributed by atoms with van der Waals surface area (Å²) in [4.78, 5) is 0. The maximum atomic E-state index is 5.91. The molecule has 118 valence electrons. The van der Waals surface area contributed by atoms with Crippen molar-refractivity contribution in [2.45, 2.75) is 65.0 Å². The highest BCUT2D eigenvalue weighted by Gasteiger charge is 2.35. The third-order valence-corrected chi connectivity index (χ3v) is 4.71. The highest BCUT2D eigenvalue weighted by Crippen LogP contribution is 2.42. The molecule has 0 amide bonds. The smallest absolute Gasteiger partial charge is 0.0814 e. The molecule has 21 heavy (non-hydrogen) atoms. The van der Waals surface area contributed by atoms with E-state index in [9.17, 15) is 0 Å². The maximum Gasteiger partial charge on any atom is 0.0814 e. The fourth-order valence-corrected chi connectivity index (χ4v) is 3.47. The van der Waals surface area contributed by atoms with E-state index in [1.165, 1.54) is 30.4 Å². The molecule has 2 rings (SSSR count). The molecule has 1 fully saturated rings. The Bertz CT molecular complexity index is 445. The Balaban J connectivity index is 2.37. The Hall–Kier alpha value is -0.860. The van der Waals surface area contributed by atoms with Crippen LogP contribution in [0, 0.1) is 5.41 Å². The molecular formula is C19H31NO. The zero-order chi connectivity index (χ0) is 15.5. The van der Waals surface area contributed by atoms with Gasteiger partial charge in [0.15, 0.2) is 0 Å². The minimum absolute atomic E-state index is 0.105. The summed E-state index contributed by atoms with van der Waals surface area (Å²) in [5, 5.41) is 3.67. The lowest BCUT2D eigenvalue weighted by atomic mass is 9.74. The molecular weight excluding hydrogens is 258 g/mol. The van der Waals surface area contributed by atoms with Crippen LogP contribution in [-0.4, -0.2) is 19.8 Å². The summed E-state index contributed by atoms with van der Waals surface area (Å²) in [5.41, 5.74) is 3.07. The summed E-state index contributed by atoms with van der Waals surface area (Å²) in [5.74, 6) is 0.750. The van der Waals surface area contributed by atoms with Crippen LogP contribution in [0.3, 0.4) is 0 Å². The molecule has 0 spiro atoms. The largest absolute Gasteiger partial charge is 0.379 e. The van der Waals surface area contributed by atoms with Crippen molar-refractivity contribution in [3.05, 3.63) is 35.4 Å². The Labute approximate surface area is 130 Å². The van der Waals surface area contributed by atoms with Crippen molar-refractivity contribution in [1.29, 1.82) is 0 Å². The number of hydrogen-bond acceptors (Lipinski definition) is 2. The van der Waals surface area contributed by atoms with E-state index in [-0.39, 0.29) is 17.6 Å². The molecule has 0 heterocycles. The van der Waals surface area contributed by atoms with Gasteiger partial charge in [0.2, 0.25) is 0 Å². The van der Waals surface area contributed by atoms with E-state index in [1.54, 1.807) is 0 Å². The number of likely N-dealkylation sites (N-methyl/N-ethyl adjacent to an activating group) is 1. The summed E-state index contributed by atoms with van der Waals surface area (Å²) in [6, 6.07) is 9.21. The summed E-state index contributed by atoms with van der Waals surface area (Å²) in [6.07, 6.45) is 4.21. The van der Waals surface area contributed by atoms with Gasteiger partial charge in [0, 0.05) is 7.11 Å². The molecule has 1 N–H and O–H groups in total. The van der Waals surface area contributed by atoms with E-state index in [4.69, 9.17) is 4.74 Å². The minimum atomic E-state index is 0.105. The van der Waals surface area contributed by atoms with Gasteiger partial charge >= 0.3 is 0 Å². The number of rotatable bonds is 6. The standard InChI is InChI=1S/C19H31NO/c1-6-20-17(18(21-5)19(2,3)4)16-13-8-7-12-15(16)14-10-9-11-14/h7-8,12-14,17-18,20H,6,9-11H2,1-5H3. The second-order valence-electron chi connectivity index (χ2n) is 7.31. The van der Waals surface area contributed by atoms with Crippen molar-refractivity contribution < 1.29 is 4.74 Å². The molecule has 0 bridgehead atoms. The zero-order valence-electron chi connectivity index (χ0n) is 14.3. The van der Waals surface area contributed by atoms with Crippen molar-refractivity contribution in [1.82, 2.24) is 5.32 Å². The first-order valence-corrected chi connectivity index (χ1v) is 8.34. The monoisotopic (exact) mass is 289 g/mol. The maximum absolute atomic E-state index is 5.91. The summed E-state index contributed by atoms with van der Waals surface area (Å²) < 4.78 is 5.91. The first-order chi connectivity index (χ1) is 9.99. The van der Waals surface area contributed by atoms with Crippen LogP contribution in [-0.2, 0) is 4.74 Å². The molecule has 2 atom stereocenters. The van der Waals surface area contributed by atoms with Crippen molar-refractivity contribution in [3.8, 4) is 0 Å². The minimum Gasteiger partial charge on any atom is -0.379 e. The lowest BCUT2D eigenvalue weighted by molar-refractivity contribution is -0.0119. The zero-order valence-corrected chi connectivity index (χ0v) is 14.3. The molecule has 1 aliphatic rings. The van der Waals surface area contributed by atoms with Crippen LogP contribution in [0.2, 0.25) is 0 Å². The van der Waals surface area contributed by atoms with Gasteiger partial charge < -0.3 is 10.1 Å². The van der Waals surface area contributed by atoms with Crippen molar-refractivity contribution in [2.24, 2.45) is 5.41 Å². The van der Waals surface area contributed by atoms with E-state index < -0.39 is 0 Å². The lowest BCUT2D eigenvalue weighted by Gasteiger charge is -2.39. The third kappa shape index (κ3) is 3.67. The van der Waals surface area contributed by atoms with Crippen LogP contribution in [0.25, 0.3) is 0 Å². The Morgan fingerprint density at radius 2 is 1.90 bits per heavy atom.